The lowest BCUT2D eigenvalue weighted by Crippen LogP contribution is -2.04. The van der Waals surface area contributed by atoms with Crippen LogP contribution in [0.4, 0.5) is 0 Å². The molecule has 0 aromatic carbocycles. The Morgan fingerprint density at radius 3 is 2.80 bits per heavy atom. The van der Waals surface area contributed by atoms with E-state index in [9.17, 15) is 0 Å². The van der Waals surface area contributed by atoms with Gasteiger partial charge in [0, 0.05) is 12.7 Å². The molecule has 1 heterocycles. The van der Waals surface area contributed by atoms with Crippen molar-refractivity contribution in [3.05, 3.63) is 17.8 Å². The minimum Gasteiger partial charge on any atom is -0.480 e. The van der Waals surface area contributed by atoms with E-state index in [0.29, 0.717) is 11.9 Å². The van der Waals surface area contributed by atoms with Gasteiger partial charge in [-0.2, -0.15) is 4.98 Å². The SMILES string of the molecule is CNCC=Cc1cnc(OC)nc1OC. The molecule has 5 nitrogen and oxygen atoms in total. The number of rotatable bonds is 5. The standard InChI is InChI=1S/C10H15N3O2/c1-11-6-4-5-8-7-12-10(15-3)13-9(8)14-2/h4-5,7,11H,6H2,1-3H3. The number of likely N-dealkylation sites (N-methyl/N-ethyl adjacent to an activating group) is 1. The van der Waals surface area contributed by atoms with E-state index in [-0.39, 0.29) is 0 Å². The average Bonchev–Trinajstić information content (AvgIpc) is 2.29. The molecule has 0 atom stereocenters. The highest BCUT2D eigenvalue weighted by atomic mass is 16.5. The second kappa shape index (κ2) is 5.98. The fourth-order valence-electron chi connectivity index (χ4n) is 1.04. The number of ether oxygens (including phenoxy) is 2. The zero-order valence-corrected chi connectivity index (χ0v) is 9.15. The Bertz CT molecular complexity index is 339. The molecule has 5 heteroatoms. The molecule has 15 heavy (non-hydrogen) atoms. The van der Waals surface area contributed by atoms with Crippen LogP contribution in [0.2, 0.25) is 0 Å². The van der Waals surface area contributed by atoms with Crippen LogP contribution in [0.1, 0.15) is 5.56 Å². The maximum Gasteiger partial charge on any atom is 0.319 e. The normalized spacial score (nSPS) is 10.6. The molecular weight excluding hydrogens is 194 g/mol. The van der Waals surface area contributed by atoms with Crippen LogP contribution in [-0.4, -0.2) is 37.8 Å². The zero-order chi connectivity index (χ0) is 11.1. The summed E-state index contributed by atoms with van der Waals surface area (Å²) in [6.07, 6.45) is 5.53. The first-order chi connectivity index (χ1) is 7.31. The van der Waals surface area contributed by atoms with E-state index < -0.39 is 0 Å². The van der Waals surface area contributed by atoms with Gasteiger partial charge < -0.3 is 14.8 Å². The highest BCUT2D eigenvalue weighted by Crippen LogP contribution is 2.18. The third-order valence-corrected chi connectivity index (χ3v) is 1.75. The Morgan fingerprint density at radius 1 is 1.40 bits per heavy atom. The summed E-state index contributed by atoms with van der Waals surface area (Å²) in [6, 6.07) is 0.303. The van der Waals surface area contributed by atoms with Gasteiger partial charge in [0.25, 0.3) is 0 Å². The van der Waals surface area contributed by atoms with E-state index in [0.717, 1.165) is 12.1 Å². The summed E-state index contributed by atoms with van der Waals surface area (Å²) >= 11 is 0. The van der Waals surface area contributed by atoms with E-state index in [1.807, 2.05) is 19.2 Å². The Kier molecular flexibility index (Phi) is 4.56. The largest absolute Gasteiger partial charge is 0.480 e. The molecule has 1 aromatic heterocycles. The molecule has 0 aliphatic heterocycles. The maximum atomic E-state index is 5.12. The van der Waals surface area contributed by atoms with Gasteiger partial charge in [0.05, 0.1) is 19.8 Å². The van der Waals surface area contributed by atoms with Gasteiger partial charge in [0.1, 0.15) is 0 Å². The second-order valence-electron chi connectivity index (χ2n) is 2.78. The molecule has 0 bridgehead atoms. The summed E-state index contributed by atoms with van der Waals surface area (Å²) in [4.78, 5) is 8.06. The summed E-state index contributed by atoms with van der Waals surface area (Å²) in [5.74, 6) is 0.509. The summed E-state index contributed by atoms with van der Waals surface area (Å²) in [5.41, 5.74) is 0.827. The predicted octanol–water partition coefficient (Wildman–Crippen LogP) is 0.726. The second-order valence-corrected chi connectivity index (χ2v) is 2.78. The van der Waals surface area contributed by atoms with Gasteiger partial charge in [0.15, 0.2) is 0 Å². The Labute approximate surface area is 89.1 Å². The fraction of sp³-hybridized carbons (Fsp3) is 0.400. The van der Waals surface area contributed by atoms with Crippen LogP contribution in [0.25, 0.3) is 6.08 Å². The summed E-state index contributed by atoms with van der Waals surface area (Å²) < 4.78 is 10.0. The molecule has 1 N–H and O–H groups in total. The van der Waals surface area contributed by atoms with Crippen molar-refractivity contribution in [1.29, 1.82) is 0 Å². The molecule has 0 unspecified atom stereocenters. The number of nitrogens with one attached hydrogen (secondary N) is 1. The minimum atomic E-state index is 0.303. The third-order valence-electron chi connectivity index (χ3n) is 1.75. The van der Waals surface area contributed by atoms with E-state index in [4.69, 9.17) is 9.47 Å². The third kappa shape index (κ3) is 3.21. The first kappa shape index (κ1) is 11.5. The maximum absolute atomic E-state index is 5.12. The van der Waals surface area contributed by atoms with Gasteiger partial charge in [0.2, 0.25) is 5.88 Å². The lowest BCUT2D eigenvalue weighted by molar-refractivity contribution is 0.351. The van der Waals surface area contributed by atoms with Gasteiger partial charge in [-0.25, -0.2) is 4.98 Å². The van der Waals surface area contributed by atoms with Crippen molar-refractivity contribution < 1.29 is 9.47 Å². The zero-order valence-electron chi connectivity index (χ0n) is 9.15. The quantitative estimate of drug-likeness (QED) is 0.774. The highest BCUT2D eigenvalue weighted by molar-refractivity contribution is 5.53. The van der Waals surface area contributed by atoms with Crippen molar-refractivity contribution in [1.82, 2.24) is 15.3 Å². The molecule has 0 saturated carbocycles. The summed E-state index contributed by atoms with van der Waals surface area (Å²) in [7, 11) is 4.97. The molecule has 0 fully saturated rings. The van der Waals surface area contributed by atoms with Gasteiger partial charge >= 0.3 is 6.01 Å². The fourth-order valence-corrected chi connectivity index (χ4v) is 1.04. The number of nitrogens with zero attached hydrogens (tertiary/aromatic N) is 2. The molecule has 0 aliphatic rings. The van der Waals surface area contributed by atoms with Crippen molar-refractivity contribution in [3.63, 3.8) is 0 Å². The van der Waals surface area contributed by atoms with Crippen LogP contribution in [0.15, 0.2) is 12.3 Å². The molecular formula is C10H15N3O2. The monoisotopic (exact) mass is 209 g/mol. The van der Waals surface area contributed by atoms with Crippen LogP contribution in [0, 0.1) is 0 Å². The van der Waals surface area contributed by atoms with Crippen molar-refractivity contribution in [2.45, 2.75) is 0 Å². The molecule has 82 valence electrons. The van der Waals surface area contributed by atoms with E-state index in [1.165, 1.54) is 7.11 Å². The predicted molar refractivity (Wildman–Crippen MR) is 58.1 cm³/mol. The topological polar surface area (TPSA) is 56.3 Å². The van der Waals surface area contributed by atoms with Crippen molar-refractivity contribution in [2.75, 3.05) is 27.8 Å². The van der Waals surface area contributed by atoms with E-state index >= 15 is 0 Å². The number of hydrogen-bond donors (Lipinski definition) is 1. The first-order valence-electron chi connectivity index (χ1n) is 4.58. The molecule has 0 saturated heterocycles. The van der Waals surface area contributed by atoms with E-state index in [2.05, 4.69) is 15.3 Å². The lowest BCUT2D eigenvalue weighted by Gasteiger charge is -2.04. The Morgan fingerprint density at radius 2 is 2.20 bits per heavy atom. The lowest BCUT2D eigenvalue weighted by atomic mass is 10.3. The summed E-state index contributed by atoms with van der Waals surface area (Å²) in [6.45, 7) is 0.787. The number of methoxy groups -OCH3 is 2. The summed E-state index contributed by atoms with van der Waals surface area (Å²) in [5, 5.41) is 3.00. The molecule has 1 aromatic rings. The van der Waals surface area contributed by atoms with Gasteiger partial charge in [-0.05, 0) is 7.05 Å². The first-order valence-corrected chi connectivity index (χ1v) is 4.58. The van der Waals surface area contributed by atoms with Gasteiger partial charge in [-0.15, -0.1) is 0 Å². The molecule has 0 amide bonds. The van der Waals surface area contributed by atoms with Crippen LogP contribution in [-0.2, 0) is 0 Å². The van der Waals surface area contributed by atoms with E-state index in [1.54, 1.807) is 13.3 Å². The Balaban J connectivity index is 2.87. The molecule has 0 aliphatic carbocycles. The minimum absolute atomic E-state index is 0.303. The van der Waals surface area contributed by atoms with Crippen molar-refractivity contribution >= 4 is 6.08 Å². The van der Waals surface area contributed by atoms with Crippen molar-refractivity contribution in [3.8, 4) is 11.9 Å². The molecule has 1 rings (SSSR count). The van der Waals surface area contributed by atoms with Gasteiger partial charge in [-0.1, -0.05) is 12.2 Å². The molecule has 0 radical (unpaired) electrons. The van der Waals surface area contributed by atoms with Crippen LogP contribution in [0.3, 0.4) is 0 Å². The van der Waals surface area contributed by atoms with Crippen LogP contribution >= 0.6 is 0 Å². The van der Waals surface area contributed by atoms with Crippen molar-refractivity contribution in [2.24, 2.45) is 0 Å². The number of aromatic nitrogens is 2. The van der Waals surface area contributed by atoms with Crippen LogP contribution < -0.4 is 14.8 Å². The average molecular weight is 209 g/mol. The smallest absolute Gasteiger partial charge is 0.319 e. The van der Waals surface area contributed by atoms with Gasteiger partial charge in [-0.3, -0.25) is 0 Å². The highest BCUT2D eigenvalue weighted by Gasteiger charge is 2.04. The van der Waals surface area contributed by atoms with Crippen LogP contribution in [0.5, 0.6) is 11.9 Å². The Hall–Kier alpha value is -1.62. The molecule has 0 spiro atoms. The number of hydrogen-bond acceptors (Lipinski definition) is 5.